The van der Waals surface area contributed by atoms with Crippen molar-refractivity contribution in [1.29, 1.82) is 0 Å². The highest BCUT2D eigenvalue weighted by Gasteiger charge is 2.13. The molecule has 0 spiro atoms. The van der Waals surface area contributed by atoms with Gasteiger partial charge in [0.1, 0.15) is 5.82 Å². The van der Waals surface area contributed by atoms with Crippen LogP contribution in [0.1, 0.15) is 17.2 Å². The summed E-state index contributed by atoms with van der Waals surface area (Å²) in [5.74, 6) is -0.302. The lowest BCUT2D eigenvalue weighted by molar-refractivity contribution is 0.623. The summed E-state index contributed by atoms with van der Waals surface area (Å²) in [5, 5.41) is 1.24. The molecule has 2 aromatic rings. The Bertz CT molecular complexity index is 604. The molecule has 0 aliphatic rings. The fourth-order valence-corrected chi connectivity index (χ4v) is 2.88. The molecule has 0 amide bonds. The highest BCUT2D eigenvalue weighted by atomic mass is 79.9. The first-order valence-electron chi connectivity index (χ1n) is 5.62. The van der Waals surface area contributed by atoms with Gasteiger partial charge in [-0.25, -0.2) is 4.39 Å². The van der Waals surface area contributed by atoms with E-state index in [9.17, 15) is 4.39 Å². The minimum Gasteiger partial charge on any atom is -0.324 e. The quantitative estimate of drug-likeness (QED) is 0.803. The SMILES string of the molecule is NC(Cc1cc(Cl)ccc1Cl)c1ccc(F)cc1Br. The molecule has 2 rings (SSSR count). The summed E-state index contributed by atoms with van der Waals surface area (Å²) >= 11 is 15.4. The lowest BCUT2D eigenvalue weighted by Gasteiger charge is -2.15. The second kappa shape index (κ2) is 6.23. The molecule has 1 atom stereocenters. The molecule has 0 radical (unpaired) electrons. The number of rotatable bonds is 3. The van der Waals surface area contributed by atoms with Gasteiger partial charge in [-0.15, -0.1) is 0 Å². The van der Waals surface area contributed by atoms with Crippen LogP contribution >= 0.6 is 39.1 Å². The lowest BCUT2D eigenvalue weighted by Crippen LogP contribution is -2.14. The predicted molar refractivity (Wildman–Crippen MR) is 81.2 cm³/mol. The first kappa shape index (κ1) is 14.8. The smallest absolute Gasteiger partial charge is 0.124 e. The minimum absolute atomic E-state index is 0.286. The number of halogens is 4. The van der Waals surface area contributed by atoms with E-state index in [1.54, 1.807) is 24.3 Å². The molecule has 0 aliphatic carbocycles. The molecular weight excluding hydrogens is 352 g/mol. The van der Waals surface area contributed by atoms with E-state index in [4.69, 9.17) is 28.9 Å². The van der Waals surface area contributed by atoms with Crippen molar-refractivity contribution < 1.29 is 4.39 Å². The maximum Gasteiger partial charge on any atom is 0.124 e. The minimum atomic E-state index is -0.302. The van der Waals surface area contributed by atoms with Crippen LogP contribution in [-0.2, 0) is 6.42 Å². The molecule has 0 saturated heterocycles. The van der Waals surface area contributed by atoms with Gasteiger partial charge in [-0.1, -0.05) is 45.2 Å². The summed E-state index contributed by atoms with van der Waals surface area (Å²) in [6, 6.07) is 9.43. The number of benzene rings is 2. The van der Waals surface area contributed by atoms with E-state index < -0.39 is 0 Å². The number of hydrogen-bond donors (Lipinski definition) is 1. The topological polar surface area (TPSA) is 26.0 Å². The maximum atomic E-state index is 13.0. The third-order valence-corrected chi connectivity index (χ3v) is 4.10. The predicted octanol–water partition coefficient (Wildman–Crippen LogP) is 5.14. The highest BCUT2D eigenvalue weighted by Crippen LogP contribution is 2.28. The Morgan fingerprint density at radius 2 is 1.89 bits per heavy atom. The van der Waals surface area contributed by atoms with Crippen LogP contribution < -0.4 is 5.73 Å². The summed E-state index contributed by atoms with van der Waals surface area (Å²) in [4.78, 5) is 0. The van der Waals surface area contributed by atoms with E-state index in [-0.39, 0.29) is 11.9 Å². The van der Waals surface area contributed by atoms with Crippen molar-refractivity contribution in [2.45, 2.75) is 12.5 Å². The number of nitrogens with two attached hydrogens (primary N) is 1. The van der Waals surface area contributed by atoms with E-state index in [0.717, 1.165) is 11.1 Å². The van der Waals surface area contributed by atoms with Crippen LogP contribution in [-0.4, -0.2) is 0 Å². The van der Waals surface area contributed by atoms with Crippen molar-refractivity contribution in [3.63, 3.8) is 0 Å². The van der Waals surface area contributed by atoms with Crippen molar-refractivity contribution in [2.75, 3.05) is 0 Å². The van der Waals surface area contributed by atoms with Crippen molar-refractivity contribution in [1.82, 2.24) is 0 Å². The van der Waals surface area contributed by atoms with Gasteiger partial charge in [0.2, 0.25) is 0 Å². The van der Waals surface area contributed by atoms with Crippen molar-refractivity contribution >= 4 is 39.1 Å². The first-order valence-corrected chi connectivity index (χ1v) is 7.16. The first-order chi connectivity index (χ1) is 8.97. The zero-order valence-corrected chi connectivity index (χ0v) is 12.9. The molecule has 0 bridgehead atoms. The molecule has 5 heteroatoms. The second-order valence-electron chi connectivity index (χ2n) is 4.21. The third-order valence-electron chi connectivity index (χ3n) is 2.81. The Kier molecular flexibility index (Phi) is 4.85. The highest BCUT2D eigenvalue weighted by molar-refractivity contribution is 9.10. The van der Waals surface area contributed by atoms with E-state index in [0.29, 0.717) is 20.9 Å². The van der Waals surface area contributed by atoms with Gasteiger partial charge < -0.3 is 5.73 Å². The van der Waals surface area contributed by atoms with Crippen molar-refractivity contribution in [3.8, 4) is 0 Å². The molecule has 19 heavy (non-hydrogen) atoms. The summed E-state index contributed by atoms with van der Waals surface area (Å²) in [5.41, 5.74) is 7.85. The average Bonchev–Trinajstić information content (AvgIpc) is 2.33. The molecule has 2 N–H and O–H groups in total. The van der Waals surface area contributed by atoms with Crippen LogP contribution in [0.3, 0.4) is 0 Å². The summed E-state index contributed by atoms with van der Waals surface area (Å²) in [6.07, 6.45) is 0.531. The van der Waals surface area contributed by atoms with Crippen LogP contribution in [0.15, 0.2) is 40.9 Å². The molecule has 0 aliphatic heterocycles. The molecular formula is C14H11BrCl2FN. The fourth-order valence-electron chi connectivity index (χ4n) is 1.85. The van der Waals surface area contributed by atoms with E-state index in [1.165, 1.54) is 12.1 Å². The monoisotopic (exact) mass is 361 g/mol. The van der Waals surface area contributed by atoms with Crippen LogP contribution in [0.5, 0.6) is 0 Å². The van der Waals surface area contributed by atoms with Gasteiger partial charge in [0.05, 0.1) is 0 Å². The Labute approximate surface area is 129 Å². The Hall–Kier alpha value is -0.610. The normalized spacial score (nSPS) is 12.5. The van der Waals surface area contributed by atoms with Crippen LogP contribution in [0, 0.1) is 5.82 Å². The van der Waals surface area contributed by atoms with E-state index in [1.807, 2.05) is 0 Å². The Morgan fingerprint density at radius 1 is 1.16 bits per heavy atom. The van der Waals surface area contributed by atoms with Gasteiger partial charge in [0.25, 0.3) is 0 Å². The number of hydrogen-bond acceptors (Lipinski definition) is 1. The molecule has 1 nitrogen and oxygen atoms in total. The standard InChI is InChI=1S/C14H11BrCl2FN/c15-12-7-10(18)2-3-11(12)14(19)6-8-5-9(16)1-4-13(8)17/h1-5,7,14H,6,19H2. The average molecular weight is 363 g/mol. The zero-order chi connectivity index (χ0) is 14.0. The lowest BCUT2D eigenvalue weighted by atomic mass is 9.99. The van der Waals surface area contributed by atoms with Crippen molar-refractivity contribution in [2.24, 2.45) is 5.73 Å². The summed E-state index contributed by atoms with van der Waals surface area (Å²) in [6.45, 7) is 0. The van der Waals surface area contributed by atoms with E-state index >= 15 is 0 Å². The van der Waals surface area contributed by atoms with Crippen LogP contribution in [0.25, 0.3) is 0 Å². The van der Waals surface area contributed by atoms with Gasteiger partial charge in [0.15, 0.2) is 0 Å². The molecule has 0 fully saturated rings. The van der Waals surface area contributed by atoms with Gasteiger partial charge in [-0.05, 0) is 47.9 Å². The van der Waals surface area contributed by atoms with Crippen molar-refractivity contribution in [3.05, 3.63) is 67.9 Å². The van der Waals surface area contributed by atoms with Gasteiger partial charge in [0, 0.05) is 20.6 Å². The second-order valence-corrected chi connectivity index (χ2v) is 5.91. The molecule has 0 aromatic heterocycles. The molecule has 0 saturated carbocycles. The third kappa shape index (κ3) is 3.69. The molecule has 1 unspecified atom stereocenters. The van der Waals surface area contributed by atoms with Gasteiger partial charge in [-0.3, -0.25) is 0 Å². The zero-order valence-electron chi connectivity index (χ0n) is 9.84. The summed E-state index contributed by atoms with van der Waals surface area (Å²) in [7, 11) is 0. The molecule has 0 heterocycles. The maximum absolute atomic E-state index is 13.0. The Balaban J connectivity index is 2.25. The van der Waals surface area contributed by atoms with Gasteiger partial charge >= 0.3 is 0 Å². The fraction of sp³-hybridized carbons (Fsp3) is 0.143. The Morgan fingerprint density at radius 3 is 2.58 bits per heavy atom. The van der Waals surface area contributed by atoms with E-state index in [2.05, 4.69) is 15.9 Å². The summed E-state index contributed by atoms with van der Waals surface area (Å²) < 4.78 is 13.7. The van der Waals surface area contributed by atoms with Crippen LogP contribution in [0.4, 0.5) is 4.39 Å². The molecule has 2 aromatic carbocycles. The largest absolute Gasteiger partial charge is 0.324 e. The van der Waals surface area contributed by atoms with Gasteiger partial charge in [-0.2, -0.15) is 0 Å². The van der Waals surface area contributed by atoms with Crippen LogP contribution in [0.2, 0.25) is 10.0 Å². The molecule has 100 valence electrons.